The highest BCUT2D eigenvalue weighted by molar-refractivity contribution is 5.85. The molecule has 4 rings (SSSR count). The maximum absolute atomic E-state index is 12.7. The third-order valence-electron chi connectivity index (χ3n) is 6.06. The first-order valence-electron chi connectivity index (χ1n) is 9.27. The van der Waals surface area contributed by atoms with Crippen LogP contribution in [0.5, 0.6) is 0 Å². The number of anilines is 2. The Morgan fingerprint density at radius 2 is 1.96 bits per heavy atom. The Morgan fingerprint density at radius 3 is 2.65 bits per heavy atom. The first kappa shape index (κ1) is 16.9. The van der Waals surface area contributed by atoms with Crippen molar-refractivity contribution in [1.82, 2.24) is 9.88 Å². The number of piperidine rings is 1. The molecule has 1 fully saturated rings. The molecule has 1 aliphatic carbocycles. The van der Waals surface area contributed by atoms with Gasteiger partial charge in [-0.15, -0.1) is 0 Å². The minimum absolute atomic E-state index is 0.0155. The van der Waals surface area contributed by atoms with E-state index in [0.29, 0.717) is 0 Å². The predicted molar refractivity (Wildman–Crippen MR) is 104 cm³/mol. The molecular weight excluding hydrogens is 324 g/mol. The van der Waals surface area contributed by atoms with Crippen LogP contribution in [0, 0.1) is 0 Å². The van der Waals surface area contributed by atoms with E-state index < -0.39 is 0 Å². The predicted octanol–water partition coefficient (Wildman–Crippen LogP) is 2.78. The van der Waals surface area contributed by atoms with Gasteiger partial charge in [-0.05, 0) is 36.5 Å². The van der Waals surface area contributed by atoms with E-state index in [2.05, 4.69) is 34.1 Å². The van der Waals surface area contributed by atoms with E-state index in [9.17, 15) is 4.79 Å². The molecule has 1 aliphatic heterocycles. The quantitative estimate of drug-likeness (QED) is 0.905. The maximum atomic E-state index is 12.7. The van der Waals surface area contributed by atoms with Gasteiger partial charge >= 0.3 is 0 Å². The summed E-state index contributed by atoms with van der Waals surface area (Å²) in [4.78, 5) is 21.3. The van der Waals surface area contributed by atoms with E-state index in [4.69, 9.17) is 5.73 Å². The molecule has 5 heteroatoms. The van der Waals surface area contributed by atoms with Crippen LogP contribution in [0.3, 0.4) is 0 Å². The molecule has 0 radical (unpaired) electrons. The van der Waals surface area contributed by atoms with Crippen LogP contribution in [0.1, 0.15) is 36.3 Å². The summed E-state index contributed by atoms with van der Waals surface area (Å²) in [5.74, 6) is 1.15. The minimum Gasteiger partial charge on any atom is -0.399 e. The Balaban J connectivity index is 1.60. The monoisotopic (exact) mass is 350 g/mol. The number of pyridine rings is 1. The van der Waals surface area contributed by atoms with Gasteiger partial charge in [0.05, 0.1) is 5.92 Å². The highest BCUT2D eigenvalue weighted by Crippen LogP contribution is 2.52. The number of aromatic nitrogens is 1. The average Bonchev–Trinajstić information content (AvgIpc) is 2.96. The molecule has 1 saturated heterocycles. The topological polar surface area (TPSA) is 62.5 Å². The molecule has 1 spiro atoms. The summed E-state index contributed by atoms with van der Waals surface area (Å²) in [5.41, 5.74) is 9.36. The van der Waals surface area contributed by atoms with Crippen LogP contribution in [0.2, 0.25) is 0 Å². The van der Waals surface area contributed by atoms with E-state index in [-0.39, 0.29) is 17.2 Å². The number of nitrogens with zero attached hydrogens (tertiary/aromatic N) is 3. The fourth-order valence-electron chi connectivity index (χ4n) is 4.67. The lowest BCUT2D eigenvalue weighted by atomic mass is 9.73. The number of hydrogen-bond acceptors (Lipinski definition) is 4. The number of fused-ring (bicyclic) bond motifs is 2. The van der Waals surface area contributed by atoms with Crippen molar-refractivity contribution in [3.05, 3.63) is 53.7 Å². The number of hydrogen-bond donors (Lipinski definition) is 1. The zero-order valence-electron chi connectivity index (χ0n) is 15.5. The van der Waals surface area contributed by atoms with Crippen LogP contribution in [-0.2, 0) is 10.2 Å². The van der Waals surface area contributed by atoms with Crippen LogP contribution in [0.15, 0.2) is 42.6 Å². The normalized spacial score (nSPS) is 20.8. The lowest BCUT2D eigenvalue weighted by Crippen LogP contribution is -2.42. The SMILES string of the molecule is CN(C)C(=O)[C@@H]1CC2(CCN(c3cc(N)ccn3)CC2)c2ccccc21. The molecule has 1 amide bonds. The van der Waals surface area contributed by atoms with Crippen molar-refractivity contribution in [2.75, 3.05) is 37.8 Å². The van der Waals surface area contributed by atoms with Gasteiger partial charge in [-0.3, -0.25) is 4.79 Å². The summed E-state index contributed by atoms with van der Waals surface area (Å²) < 4.78 is 0. The molecule has 0 saturated carbocycles. The number of amides is 1. The summed E-state index contributed by atoms with van der Waals surface area (Å²) >= 11 is 0. The molecular formula is C21H26N4O. The number of carbonyl (C=O) groups excluding carboxylic acids is 1. The lowest BCUT2D eigenvalue weighted by molar-refractivity contribution is -0.130. The number of likely N-dealkylation sites (N-methyl/N-ethyl adjacent to an activating group) is 1. The van der Waals surface area contributed by atoms with Gasteiger partial charge in [0.2, 0.25) is 5.91 Å². The minimum atomic E-state index is -0.0155. The molecule has 2 aliphatic rings. The van der Waals surface area contributed by atoms with Crippen LogP contribution in [-0.4, -0.2) is 43.0 Å². The second kappa shape index (κ2) is 6.31. The van der Waals surface area contributed by atoms with E-state index in [1.807, 2.05) is 26.2 Å². The molecule has 1 aromatic heterocycles. The number of nitrogens with two attached hydrogens (primary N) is 1. The zero-order chi connectivity index (χ0) is 18.3. The Bertz CT molecular complexity index is 824. The third-order valence-corrected chi connectivity index (χ3v) is 6.06. The number of carbonyl (C=O) groups is 1. The van der Waals surface area contributed by atoms with Crippen LogP contribution >= 0.6 is 0 Å². The molecule has 2 heterocycles. The standard InChI is InChI=1S/C21H26N4O/c1-24(2)20(26)17-14-21(18-6-4-3-5-16(17)18)8-11-25(12-9-21)19-13-15(22)7-10-23-19/h3-7,10,13,17H,8-9,11-12,14H2,1-2H3,(H2,22,23)/t17-/m1/s1. The Morgan fingerprint density at radius 1 is 1.23 bits per heavy atom. The molecule has 1 aromatic carbocycles. The number of nitrogen functional groups attached to an aromatic ring is 1. The van der Waals surface area contributed by atoms with Crippen LogP contribution < -0.4 is 10.6 Å². The maximum Gasteiger partial charge on any atom is 0.229 e. The van der Waals surface area contributed by atoms with Gasteiger partial charge in [0.1, 0.15) is 5.82 Å². The van der Waals surface area contributed by atoms with E-state index in [1.54, 1.807) is 11.1 Å². The molecule has 1 atom stereocenters. The van der Waals surface area contributed by atoms with Gasteiger partial charge in [-0.25, -0.2) is 4.98 Å². The second-order valence-electron chi connectivity index (χ2n) is 7.79. The van der Waals surface area contributed by atoms with Gasteiger partial charge in [-0.2, -0.15) is 0 Å². The summed E-state index contributed by atoms with van der Waals surface area (Å²) in [6.45, 7) is 1.88. The van der Waals surface area contributed by atoms with Gasteiger partial charge in [0, 0.05) is 50.6 Å². The van der Waals surface area contributed by atoms with Gasteiger partial charge in [0.15, 0.2) is 0 Å². The fourth-order valence-corrected chi connectivity index (χ4v) is 4.67. The second-order valence-corrected chi connectivity index (χ2v) is 7.79. The Labute approximate surface area is 154 Å². The fraction of sp³-hybridized carbons (Fsp3) is 0.429. The van der Waals surface area contributed by atoms with Crippen LogP contribution in [0.25, 0.3) is 0 Å². The van der Waals surface area contributed by atoms with E-state index in [0.717, 1.165) is 43.9 Å². The van der Waals surface area contributed by atoms with Gasteiger partial charge in [-0.1, -0.05) is 24.3 Å². The van der Waals surface area contributed by atoms with Crippen molar-refractivity contribution in [1.29, 1.82) is 0 Å². The van der Waals surface area contributed by atoms with Crippen molar-refractivity contribution >= 4 is 17.4 Å². The highest BCUT2D eigenvalue weighted by Gasteiger charge is 2.47. The Hall–Kier alpha value is -2.56. The molecule has 0 unspecified atom stereocenters. The first-order valence-corrected chi connectivity index (χ1v) is 9.27. The Kier molecular flexibility index (Phi) is 4.10. The smallest absolute Gasteiger partial charge is 0.229 e. The van der Waals surface area contributed by atoms with E-state index >= 15 is 0 Å². The lowest BCUT2D eigenvalue weighted by Gasteiger charge is -2.41. The first-order chi connectivity index (χ1) is 12.5. The summed E-state index contributed by atoms with van der Waals surface area (Å²) in [6, 6.07) is 12.3. The molecule has 2 aromatic rings. The van der Waals surface area contributed by atoms with E-state index in [1.165, 1.54) is 11.1 Å². The summed E-state index contributed by atoms with van der Waals surface area (Å²) in [6.07, 6.45) is 4.77. The number of benzene rings is 1. The van der Waals surface area contributed by atoms with Gasteiger partial charge in [0.25, 0.3) is 0 Å². The molecule has 136 valence electrons. The van der Waals surface area contributed by atoms with Crippen molar-refractivity contribution in [3.8, 4) is 0 Å². The highest BCUT2D eigenvalue weighted by atomic mass is 16.2. The van der Waals surface area contributed by atoms with Crippen LogP contribution in [0.4, 0.5) is 11.5 Å². The van der Waals surface area contributed by atoms with Crippen molar-refractivity contribution in [3.63, 3.8) is 0 Å². The summed E-state index contributed by atoms with van der Waals surface area (Å²) in [5, 5.41) is 0. The molecule has 26 heavy (non-hydrogen) atoms. The van der Waals surface area contributed by atoms with Crippen molar-refractivity contribution in [2.24, 2.45) is 0 Å². The zero-order valence-corrected chi connectivity index (χ0v) is 15.5. The van der Waals surface area contributed by atoms with Crippen molar-refractivity contribution in [2.45, 2.75) is 30.6 Å². The molecule has 2 N–H and O–H groups in total. The third kappa shape index (κ3) is 2.71. The van der Waals surface area contributed by atoms with Crippen molar-refractivity contribution < 1.29 is 4.79 Å². The largest absolute Gasteiger partial charge is 0.399 e. The number of rotatable bonds is 2. The molecule has 5 nitrogen and oxygen atoms in total. The molecule has 0 bridgehead atoms. The summed E-state index contributed by atoms with van der Waals surface area (Å²) in [7, 11) is 3.70. The van der Waals surface area contributed by atoms with Gasteiger partial charge < -0.3 is 15.5 Å². The average molecular weight is 350 g/mol.